The first-order valence-corrected chi connectivity index (χ1v) is 6.85. The molecule has 1 unspecified atom stereocenters. The molecule has 1 atom stereocenters. The van der Waals surface area contributed by atoms with E-state index in [0.717, 1.165) is 16.4 Å². The standard InChI is InChI=1S/C15H17N3O4/c1-11-7-8-12(22-11)9-17(2)10-15(19)16-13-5-3-4-6-14(13)18(20)21/h3-8H,9-10H2,1-2H3,(H,16,19)/p+1. The van der Waals surface area contributed by atoms with Crippen molar-refractivity contribution in [2.45, 2.75) is 13.5 Å². The van der Waals surface area contributed by atoms with Crippen LogP contribution in [0.15, 0.2) is 40.8 Å². The van der Waals surface area contributed by atoms with E-state index in [4.69, 9.17) is 4.42 Å². The Labute approximate surface area is 127 Å². The van der Waals surface area contributed by atoms with Gasteiger partial charge in [0.2, 0.25) is 0 Å². The molecule has 0 spiro atoms. The third kappa shape index (κ3) is 4.16. The highest BCUT2D eigenvalue weighted by Gasteiger charge is 2.17. The maximum atomic E-state index is 12.0. The molecule has 0 fully saturated rings. The zero-order chi connectivity index (χ0) is 16.1. The van der Waals surface area contributed by atoms with Crippen LogP contribution in [0.3, 0.4) is 0 Å². The van der Waals surface area contributed by atoms with Gasteiger partial charge in [-0.2, -0.15) is 0 Å². The van der Waals surface area contributed by atoms with Gasteiger partial charge in [0.1, 0.15) is 18.0 Å². The van der Waals surface area contributed by atoms with Gasteiger partial charge in [-0.1, -0.05) is 12.1 Å². The number of nitro groups is 1. The number of furan rings is 1. The van der Waals surface area contributed by atoms with Crippen LogP contribution in [0, 0.1) is 17.0 Å². The van der Waals surface area contributed by atoms with Crippen LogP contribution >= 0.6 is 0 Å². The number of nitro benzene ring substituents is 1. The number of benzene rings is 1. The molecule has 7 heteroatoms. The molecule has 0 aliphatic carbocycles. The molecule has 1 heterocycles. The predicted octanol–water partition coefficient (Wildman–Crippen LogP) is 1.15. The number of aryl methyl sites for hydroxylation is 1. The molecular weight excluding hydrogens is 286 g/mol. The molecule has 0 aliphatic heterocycles. The fourth-order valence-corrected chi connectivity index (χ4v) is 2.15. The maximum Gasteiger partial charge on any atom is 0.292 e. The van der Waals surface area contributed by atoms with Gasteiger partial charge in [-0.05, 0) is 25.1 Å². The molecule has 22 heavy (non-hydrogen) atoms. The van der Waals surface area contributed by atoms with E-state index >= 15 is 0 Å². The highest BCUT2D eigenvalue weighted by atomic mass is 16.6. The van der Waals surface area contributed by atoms with E-state index in [-0.39, 0.29) is 23.8 Å². The molecule has 0 radical (unpaired) electrons. The number of para-hydroxylation sites is 2. The molecule has 1 amide bonds. The lowest BCUT2D eigenvalue weighted by Gasteiger charge is -2.12. The maximum absolute atomic E-state index is 12.0. The van der Waals surface area contributed by atoms with Crippen molar-refractivity contribution in [2.24, 2.45) is 0 Å². The minimum absolute atomic E-state index is 0.116. The summed E-state index contributed by atoms with van der Waals surface area (Å²) in [6, 6.07) is 9.82. The number of likely N-dealkylation sites (N-methyl/N-ethyl adjacent to an activating group) is 1. The Balaban J connectivity index is 1.94. The largest absolute Gasteiger partial charge is 0.460 e. The lowest BCUT2D eigenvalue weighted by Crippen LogP contribution is -3.08. The molecule has 2 rings (SSSR count). The van der Waals surface area contributed by atoms with Crippen LogP contribution in [0.2, 0.25) is 0 Å². The number of quaternary nitrogens is 1. The Hall–Kier alpha value is -2.67. The van der Waals surface area contributed by atoms with Gasteiger partial charge in [0, 0.05) is 6.07 Å². The Bertz CT molecular complexity index is 681. The van der Waals surface area contributed by atoms with Gasteiger partial charge in [-0.25, -0.2) is 0 Å². The summed E-state index contributed by atoms with van der Waals surface area (Å²) < 4.78 is 5.46. The van der Waals surface area contributed by atoms with Crippen molar-refractivity contribution in [2.75, 3.05) is 18.9 Å². The van der Waals surface area contributed by atoms with Crippen LogP contribution < -0.4 is 10.2 Å². The van der Waals surface area contributed by atoms with E-state index in [9.17, 15) is 14.9 Å². The Morgan fingerprint density at radius 1 is 1.32 bits per heavy atom. The van der Waals surface area contributed by atoms with Crippen LogP contribution in [0.25, 0.3) is 0 Å². The molecule has 0 aliphatic rings. The van der Waals surface area contributed by atoms with Crippen molar-refractivity contribution in [3.63, 3.8) is 0 Å². The number of hydrogen-bond acceptors (Lipinski definition) is 4. The number of rotatable bonds is 6. The summed E-state index contributed by atoms with van der Waals surface area (Å²) in [6.07, 6.45) is 0. The number of carbonyl (C=O) groups excluding carboxylic acids is 1. The second-order valence-corrected chi connectivity index (χ2v) is 5.15. The number of nitrogens with zero attached hydrogens (tertiary/aromatic N) is 1. The monoisotopic (exact) mass is 304 g/mol. The first-order valence-electron chi connectivity index (χ1n) is 6.85. The zero-order valence-electron chi connectivity index (χ0n) is 12.5. The van der Waals surface area contributed by atoms with E-state index in [0.29, 0.717) is 6.54 Å². The highest BCUT2D eigenvalue weighted by molar-refractivity contribution is 5.93. The van der Waals surface area contributed by atoms with Crippen LogP contribution in [0.5, 0.6) is 0 Å². The summed E-state index contributed by atoms with van der Waals surface area (Å²) in [5.41, 5.74) is 0.0919. The van der Waals surface area contributed by atoms with Crippen LogP contribution in [0.4, 0.5) is 11.4 Å². The first kappa shape index (κ1) is 15.7. The number of hydrogen-bond donors (Lipinski definition) is 2. The quantitative estimate of drug-likeness (QED) is 0.619. The average molecular weight is 304 g/mol. The summed E-state index contributed by atoms with van der Waals surface area (Å²) in [7, 11) is 1.86. The van der Waals surface area contributed by atoms with Gasteiger partial charge >= 0.3 is 0 Å². The Morgan fingerprint density at radius 2 is 2.05 bits per heavy atom. The lowest BCUT2D eigenvalue weighted by atomic mass is 10.2. The topological polar surface area (TPSA) is 89.8 Å². The molecule has 0 bridgehead atoms. The van der Waals surface area contributed by atoms with Gasteiger partial charge < -0.3 is 14.6 Å². The number of nitrogens with one attached hydrogen (secondary N) is 2. The summed E-state index contributed by atoms with van der Waals surface area (Å²) >= 11 is 0. The van der Waals surface area contributed by atoms with Crippen LogP contribution in [0.1, 0.15) is 11.5 Å². The molecule has 0 saturated carbocycles. The average Bonchev–Trinajstić information content (AvgIpc) is 2.83. The third-order valence-electron chi connectivity index (χ3n) is 3.11. The number of amides is 1. The number of carbonyl (C=O) groups is 1. The molecule has 2 N–H and O–H groups in total. The first-order chi connectivity index (χ1) is 10.5. The minimum atomic E-state index is -0.516. The fraction of sp³-hybridized carbons (Fsp3) is 0.267. The van der Waals surface area contributed by atoms with Gasteiger partial charge in [-0.3, -0.25) is 14.9 Å². The summed E-state index contributed by atoms with van der Waals surface area (Å²) in [6.45, 7) is 2.62. The second-order valence-electron chi connectivity index (χ2n) is 5.15. The predicted molar refractivity (Wildman–Crippen MR) is 80.6 cm³/mol. The van der Waals surface area contributed by atoms with E-state index in [2.05, 4.69) is 5.32 Å². The van der Waals surface area contributed by atoms with E-state index in [1.165, 1.54) is 12.1 Å². The van der Waals surface area contributed by atoms with Crippen LogP contribution in [-0.2, 0) is 11.3 Å². The second kappa shape index (κ2) is 6.86. The van der Waals surface area contributed by atoms with Crippen molar-refractivity contribution in [3.8, 4) is 0 Å². The number of anilines is 1. The molecule has 116 valence electrons. The molecule has 2 aromatic rings. The minimum Gasteiger partial charge on any atom is -0.460 e. The van der Waals surface area contributed by atoms with Gasteiger partial charge in [0.15, 0.2) is 12.3 Å². The van der Waals surface area contributed by atoms with Crippen molar-refractivity contribution in [1.29, 1.82) is 0 Å². The zero-order valence-corrected chi connectivity index (χ0v) is 12.5. The normalized spacial score (nSPS) is 11.9. The summed E-state index contributed by atoms with van der Waals surface area (Å²) in [5, 5.41) is 13.5. The van der Waals surface area contributed by atoms with Crippen molar-refractivity contribution in [1.82, 2.24) is 0 Å². The highest BCUT2D eigenvalue weighted by Crippen LogP contribution is 2.22. The lowest BCUT2D eigenvalue weighted by molar-refractivity contribution is -0.886. The summed E-state index contributed by atoms with van der Waals surface area (Å²) in [5.74, 6) is 1.34. The van der Waals surface area contributed by atoms with Crippen molar-refractivity contribution >= 4 is 17.3 Å². The van der Waals surface area contributed by atoms with Gasteiger partial charge in [0.25, 0.3) is 11.6 Å². The SMILES string of the molecule is Cc1ccc(C[NH+](C)CC(=O)Nc2ccccc2[N+](=O)[O-])o1. The van der Waals surface area contributed by atoms with E-state index < -0.39 is 4.92 Å². The van der Waals surface area contributed by atoms with Crippen molar-refractivity contribution < 1.29 is 19.0 Å². The fourth-order valence-electron chi connectivity index (χ4n) is 2.15. The molecular formula is C15H18N3O4+. The third-order valence-corrected chi connectivity index (χ3v) is 3.11. The van der Waals surface area contributed by atoms with Gasteiger partial charge in [0.05, 0.1) is 12.0 Å². The Kier molecular flexibility index (Phi) is 4.90. The van der Waals surface area contributed by atoms with Gasteiger partial charge in [-0.15, -0.1) is 0 Å². The summed E-state index contributed by atoms with van der Waals surface area (Å²) in [4.78, 5) is 23.3. The van der Waals surface area contributed by atoms with Crippen molar-refractivity contribution in [3.05, 3.63) is 58.0 Å². The molecule has 1 aromatic carbocycles. The van der Waals surface area contributed by atoms with E-state index in [1.807, 2.05) is 26.1 Å². The smallest absolute Gasteiger partial charge is 0.292 e. The molecule has 7 nitrogen and oxygen atoms in total. The molecule has 1 aromatic heterocycles. The van der Waals surface area contributed by atoms with E-state index in [1.54, 1.807) is 12.1 Å². The Morgan fingerprint density at radius 3 is 2.68 bits per heavy atom. The van der Waals surface area contributed by atoms with Crippen LogP contribution in [-0.4, -0.2) is 24.4 Å². The molecule has 0 saturated heterocycles.